The van der Waals surface area contributed by atoms with Crippen LogP contribution in [-0.2, 0) is 17.6 Å². The van der Waals surface area contributed by atoms with Crippen LogP contribution in [0.3, 0.4) is 0 Å². The van der Waals surface area contributed by atoms with Crippen LogP contribution in [-0.4, -0.2) is 17.8 Å². The van der Waals surface area contributed by atoms with Crippen LogP contribution in [0.4, 0.5) is 0 Å². The Morgan fingerprint density at radius 3 is 2.71 bits per heavy atom. The fraction of sp³-hybridized carbons (Fsp3) is 0.600. The highest BCUT2D eigenvalue weighted by Crippen LogP contribution is 2.28. The first-order valence-electron chi connectivity index (χ1n) is 6.67. The molecule has 1 aromatic carbocycles. The molecule has 2 heteroatoms. The predicted octanol–water partition coefficient (Wildman–Crippen LogP) is 3.02. The monoisotopic (exact) mass is 234 g/mol. The van der Waals surface area contributed by atoms with Crippen LogP contribution in [0, 0.1) is 0 Å². The average molecular weight is 234 g/mol. The third kappa shape index (κ3) is 2.70. The van der Waals surface area contributed by atoms with E-state index in [1.54, 1.807) is 0 Å². The van der Waals surface area contributed by atoms with E-state index in [-0.39, 0.29) is 6.10 Å². The Kier molecular flexibility index (Phi) is 4.19. The van der Waals surface area contributed by atoms with Crippen molar-refractivity contribution < 1.29 is 9.84 Å². The highest BCUT2D eigenvalue weighted by atomic mass is 16.5. The fourth-order valence-corrected chi connectivity index (χ4v) is 2.64. The molecule has 2 atom stereocenters. The number of aliphatic hydroxyl groups excluding tert-OH is 1. The summed E-state index contributed by atoms with van der Waals surface area (Å²) in [6, 6.07) is 6.38. The van der Waals surface area contributed by atoms with Gasteiger partial charge in [-0.05, 0) is 49.3 Å². The highest BCUT2D eigenvalue weighted by Gasteiger charge is 2.21. The highest BCUT2D eigenvalue weighted by molar-refractivity contribution is 5.36. The predicted molar refractivity (Wildman–Crippen MR) is 69.1 cm³/mol. The van der Waals surface area contributed by atoms with Gasteiger partial charge in [0.1, 0.15) is 6.10 Å². The van der Waals surface area contributed by atoms with Gasteiger partial charge in [0.2, 0.25) is 0 Å². The lowest BCUT2D eigenvalue weighted by Gasteiger charge is -2.22. The molecule has 0 saturated carbocycles. The minimum atomic E-state index is -0.495. The molecule has 2 rings (SSSR count). The van der Waals surface area contributed by atoms with Gasteiger partial charge in [-0.15, -0.1) is 0 Å². The Hall–Kier alpha value is -0.860. The van der Waals surface area contributed by atoms with Gasteiger partial charge in [-0.2, -0.15) is 0 Å². The Morgan fingerprint density at radius 2 is 2.00 bits per heavy atom. The molecular weight excluding hydrogens is 212 g/mol. The van der Waals surface area contributed by atoms with Gasteiger partial charge in [0, 0.05) is 6.61 Å². The maximum Gasteiger partial charge on any atom is 0.105 e. The Bertz CT molecular complexity index is 373. The Labute approximate surface area is 104 Å². The van der Waals surface area contributed by atoms with E-state index in [0.29, 0.717) is 6.61 Å². The van der Waals surface area contributed by atoms with E-state index in [1.807, 2.05) is 6.92 Å². The first-order chi connectivity index (χ1) is 8.26. The molecule has 0 radical (unpaired) electrons. The van der Waals surface area contributed by atoms with Gasteiger partial charge < -0.3 is 9.84 Å². The number of ether oxygens (including phenoxy) is 1. The number of hydrogen-bond donors (Lipinski definition) is 1. The molecule has 0 bridgehead atoms. The summed E-state index contributed by atoms with van der Waals surface area (Å²) >= 11 is 0. The average Bonchev–Trinajstić information content (AvgIpc) is 2.82. The molecule has 0 saturated heterocycles. The minimum absolute atomic E-state index is 0.0838. The van der Waals surface area contributed by atoms with Crippen molar-refractivity contribution in [2.24, 2.45) is 0 Å². The lowest BCUT2D eigenvalue weighted by molar-refractivity contribution is -0.0356. The van der Waals surface area contributed by atoms with Crippen LogP contribution >= 0.6 is 0 Å². The number of aliphatic hydroxyl groups is 1. The summed E-state index contributed by atoms with van der Waals surface area (Å²) in [4.78, 5) is 0. The smallest absolute Gasteiger partial charge is 0.105 e. The number of rotatable bonds is 5. The fourth-order valence-electron chi connectivity index (χ4n) is 2.64. The Morgan fingerprint density at radius 1 is 1.24 bits per heavy atom. The lowest BCUT2D eigenvalue weighted by Crippen LogP contribution is -2.21. The SMILES string of the molecule is CCOC(CC)C(O)c1ccc2c(c1)CCC2. The molecule has 0 heterocycles. The van der Waals surface area contributed by atoms with Crippen LogP contribution in [0.1, 0.15) is 49.5 Å². The third-order valence-corrected chi connectivity index (χ3v) is 3.60. The number of aryl methyl sites for hydroxylation is 2. The van der Waals surface area contributed by atoms with Gasteiger partial charge in [0.05, 0.1) is 6.10 Å². The molecule has 1 aromatic rings. The van der Waals surface area contributed by atoms with Crippen LogP contribution in [0.25, 0.3) is 0 Å². The van der Waals surface area contributed by atoms with Crippen LogP contribution < -0.4 is 0 Å². The summed E-state index contributed by atoms with van der Waals surface area (Å²) < 4.78 is 5.58. The molecule has 0 aromatic heterocycles. The van der Waals surface area contributed by atoms with E-state index >= 15 is 0 Å². The van der Waals surface area contributed by atoms with Gasteiger partial charge in [0.25, 0.3) is 0 Å². The van der Waals surface area contributed by atoms with E-state index in [1.165, 1.54) is 24.0 Å². The summed E-state index contributed by atoms with van der Waals surface area (Å²) in [6.07, 6.45) is 3.85. The van der Waals surface area contributed by atoms with Crippen LogP contribution in [0.5, 0.6) is 0 Å². The van der Waals surface area contributed by atoms with Gasteiger partial charge in [0.15, 0.2) is 0 Å². The number of hydrogen-bond acceptors (Lipinski definition) is 2. The maximum absolute atomic E-state index is 10.3. The topological polar surface area (TPSA) is 29.5 Å². The molecule has 1 N–H and O–H groups in total. The van der Waals surface area contributed by atoms with Crippen molar-refractivity contribution in [1.82, 2.24) is 0 Å². The molecule has 0 amide bonds. The van der Waals surface area contributed by atoms with Crippen LogP contribution in [0.15, 0.2) is 18.2 Å². The molecular formula is C15H22O2. The zero-order valence-electron chi connectivity index (χ0n) is 10.8. The van der Waals surface area contributed by atoms with E-state index in [4.69, 9.17) is 4.74 Å². The van der Waals surface area contributed by atoms with Gasteiger partial charge in [-0.3, -0.25) is 0 Å². The zero-order chi connectivity index (χ0) is 12.3. The van der Waals surface area contributed by atoms with Crippen LogP contribution in [0.2, 0.25) is 0 Å². The van der Waals surface area contributed by atoms with Gasteiger partial charge in [-0.25, -0.2) is 0 Å². The molecule has 94 valence electrons. The zero-order valence-corrected chi connectivity index (χ0v) is 10.8. The Balaban J connectivity index is 2.15. The quantitative estimate of drug-likeness (QED) is 0.848. The van der Waals surface area contributed by atoms with Gasteiger partial charge in [-0.1, -0.05) is 25.1 Å². The van der Waals surface area contributed by atoms with E-state index in [9.17, 15) is 5.11 Å². The van der Waals surface area contributed by atoms with Crippen molar-refractivity contribution in [3.05, 3.63) is 34.9 Å². The standard InChI is InChI=1S/C15H22O2/c1-3-14(17-4-2)15(16)13-9-8-11-6-5-7-12(11)10-13/h8-10,14-16H,3-7H2,1-2H3. The normalized spacial score (nSPS) is 17.8. The first kappa shape index (κ1) is 12.6. The second-order valence-corrected chi connectivity index (χ2v) is 4.73. The molecule has 2 unspecified atom stereocenters. The van der Waals surface area contributed by atoms with E-state index < -0.39 is 6.10 Å². The molecule has 0 aliphatic heterocycles. The third-order valence-electron chi connectivity index (χ3n) is 3.60. The summed E-state index contributed by atoms with van der Waals surface area (Å²) in [5.74, 6) is 0. The summed E-state index contributed by atoms with van der Waals surface area (Å²) in [7, 11) is 0. The van der Waals surface area contributed by atoms with Crippen molar-refractivity contribution in [2.75, 3.05) is 6.61 Å². The van der Waals surface area contributed by atoms with Crippen molar-refractivity contribution in [3.63, 3.8) is 0 Å². The summed E-state index contributed by atoms with van der Waals surface area (Å²) in [5.41, 5.74) is 3.87. The largest absolute Gasteiger partial charge is 0.386 e. The molecule has 1 aliphatic rings. The molecule has 0 fully saturated rings. The number of benzene rings is 1. The van der Waals surface area contributed by atoms with E-state index in [0.717, 1.165) is 18.4 Å². The molecule has 0 spiro atoms. The molecule has 17 heavy (non-hydrogen) atoms. The molecule has 2 nitrogen and oxygen atoms in total. The van der Waals surface area contributed by atoms with Crippen molar-refractivity contribution in [3.8, 4) is 0 Å². The van der Waals surface area contributed by atoms with E-state index in [2.05, 4.69) is 25.1 Å². The van der Waals surface area contributed by atoms with Crippen molar-refractivity contribution in [1.29, 1.82) is 0 Å². The summed E-state index contributed by atoms with van der Waals surface area (Å²) in [6.45, 7) is 4.68. The second kappa shape index (κ2) is 5.65. The maximum atomic E-state index is 10.3. The number of fused-ring (bicyclic) bond motifs is 1. The minimum Gasteiger partial charge on any atom is -0.386 e. The molecule has 1 aliphatic carbocycles. The summed E-state index contributed by atoms with van der Waals surface area (Å²) in [5, 5.41) is 10.3. The first-order valence-corrected chi connectivity index (χ1v) is 6.67. The lowest BCUT2D eigenvalue weighted by atomic mass is 9.98. The van der Waals surface area contributed by atoms with Crippen molar-refractivity contribution in [2.45, 2.75) is 51.7 Å². The van der Waals surface area contributed by atoms with Crippen molar-refractivity contribution >= 4 is 0 Å². The van der Waals surface area contributed by atoms with Gasteiger partial charge >= 0.3 is 0 Å². The second-order valence-electron chi connectivity index (χ2n) is 4.73.